The van der Waals surface area contributed by atoms with Gasteiger partial charge in [-0.15, -0.1) is 0 Å². The zero-order chi connectivity index (χ0) is 50.2. The number of carboxylic acids is 1. The van der Waals surface area contributed by atoms with Gasteiger partial charge in [0.25, 0.3) is 11.8 Å². The van der Waals surface area contributed by atoms with E-state index in [4.69, 9.17) is 55.9 Å². The molecule has 2 N–H and O–H groups in total. The van der Waals surface area contributed by atoms with Crippen LogP contribution in [0.15, 0.2) is 97.1 Å². The van der Waals surface area contributed by atoms with Crippen LogP contribution in [0.1, 0.15) is 99.9 Å². The monoisotopic (exact) mass is 1080 g/mol. The van der Waals surface area contributed by atoms with E-state index < -0.39 is 30.4 Å². The number of carbonyl (C=O) groups is 4. The lowest BCUT2D eigenvalue weighted by Gasteiger charge is -2.45. The smallest absolute Gasteiger partial charge is 0.306 e. The van der Waals surface area contributed by atoms with Gasteiger partial charge in [0, 0.05) is 85.5 Å². The molecular weight excluding hydrogens is 1010 g/mol. The number of likely N-dealkylation sites (N-methyl/N-ethyl adjacent to an activating group) is 2. The summed E-state index contributed by atoms with van der Waals surface area (Å²) in [5.41, 5.74) is 3.54. The normalized spacial score (nSPS) is 24.5. The fraction of sp³-hybridized carbons (Fsp3) is 0.500. The third-order valence-corrected chi connectivity index (χ3v) is 15.0. The molecule has 13 nitrogen and oxygen atoms in total. The standard InChI is InChI=1S/C27H31Cl2N3O3.C22H21Cl2NO4.C5H12N2.2CH4/c1-30-11-13-31(14-12-30)24(33)16-23-27(34)32(17-18-5-6-18)25(19-7-9-21(28)10-8-19)26(35-23)20-3-2-4-22(29)15-20;23-16-8-6-14(7-9-16)20-21(15-2-1-3-17(24)10-15)29-18(11-19(26)27)22(28)25(20)12-13-4-5-13;1-7-4-2-6-3-5-7;;/h2-4,7-10,15,18,23,25-26H,5-6,11-14,16-17H2,1H3;1-3,6-10,13,18,20-21H,4-5,11-12H2,(H,26,27);6H,2-5H2,1H3;2*1H4/t23-,25+,26-;18-,20+,21-;;;/m00.../s1. The highest BCUT2D eigenvalue weighted by Gasteiger charge is 2.48. The van der Waals surface area contributed by atoms with Crippen LogP contribution in [0.5, 0.6) is 0 Å². The molecule has 6 aliphatic rings. The molecule has 396 valence electrons. The van der Waals surface area contributed by atoms with Crippen LogP contribution in [0.2, 0.25) is 20.1 Å². The Bertz CT molecular complexity index is 2450. The van der Waals surface area contributed by atoms with Crippen molar-refractivity contribution in [2.24, 2.45) is 11.8 Å². The number of ether oxygens (including phenoxy) is 2. The maximum Gasteiger partial charge on any atom is 0.306 e. The van der Waals surface area contributed by atoms with Crippen molar-refractivity contribution in [3.05, 3.63) is 139 Å². The van der Waals surface area contributed by atoms with Crippen molar-refractivity contribution in [3.63, 3.8) is 0 Å². The molecule has 10 rings (SSSR count). The Morgan fingerprint density at radius 3 is 1.34 bits per heavy atom. The van der Waals surface area contributed by atoms with Crippen molar-refractivity contribution in [3.8, 4) is 0 Å². The number of nitrogens with zero attached hydrogens (tertiary/aromatic N) is 5. The van der Waals surface area contributed by atoms with E-state index in [0.29, 0.717) is 58.1 Å². The Balaban J connectivity index is 0.000000207. The lowest BCUT2D eigenvalue weighted by atomic mass is 9.91. The zero-order valence-electron chi connectivity index (χ0n) is 40.3. The molecule has 0 spiro atoms. The fourth-order valence-corrected chi connectivity index (χ4v) is 10.3. The predicted molar refractivity (Wildman–Crippen MR) is 290 cm³/mol. The van der Waals surface area contributed by atoms with Crippen LogP contribution in [0.4, 0.5) is 0 Å². The van der Waals surface area contributed by atoms with Gasteiger partial charge in [0.05, 0.1) is 24.9 Å². The first-order chi connectivity index (χ1) is 34.2. The van der Waals surface area contributed by atoms with Gasteiger partial charge in [0.15, 0.2) is 0 Å². The maximum atomic E-state index is 13.8. The molecule has 73 heavy (non-hydrogen) atoms. The van der Waals surface area contributed by atoms with Gasteiger partial charge in [0.1, 0.15) is 24.4 Å². The Kier molecular flexibility index (Phi) is 21.4. The average Bonchev–Trinajstić information content (AvgIpc) is 4.31. The number of piperazine rings is 2. The molecule has 17 heteroatoms. The molecule has 3 amide bonds. The molecule has 4 heterocycles. The van der Waals surface area contributed by atoms with Crippen molar-refractivity contribution in [1.29, 1.82) is 0 Å². The lowest BCUT2D eigenvalue weighted by molar-refractivity contribution is -0.179. The summed E-state index contributed by atoms with van der Waals surface area (Å²) in [6.07, 6.45) is 1.22. The predicted octanol–water partition coefficient (Wildman–Crippen LogP) is 10.3. The summed E-state index contributed by atoms with van der Waals surface area (Å²) in [5, 5.41) is 15.0. The van der Waals surface area contributed by atoms with Gasteiger partial charge in [-0.2, -0.15) is 0 Å². The third kappa shape index (κ3) is 15.9. The van der Waals surface area contributed by atoms with Crippen molar-refractivity contribution in [1.82, 2.24) is 29.8 Å². The number of carboxylic acid groups (broad SMARTS) is 1. The Hall–Kier alpha value is -4.28. The second kappa shape index (κ2) is 27.0. The zero-order valence-corrected chi connectivity index (χ0v) is 43.3. The van der Waals surface area contributed by atoms with E-state index >= 15 is 0 Å². The number of hydrogen-bond acceptors (Lipinski definition) is 9. The summed E-state index contributed by atoms with van der Waals surface area (Å²) in [7, 11) is 4.21. The summed E-state index contributed by atoms with van der Waals surface area (Å²) in [6, 6.07) is 29.1. The second-order valence-electron chi connectivity index (χ2n) is 19.6. The van der Waals surface area contributed by atoms with Crippen LogP contribution >= 0.6 is 46.4 Å². The van der Waals surface area contributed by atoms with E-state index in [2.05, 4.69) is 29.2 Å². The summed E-state index contributed by atoms with van der Waals surface area (Å²) in [6.45, 7) is 9.01. The number of halogens is 4. The molecule has 2 aliphatic carbocycles. The molecule has 0 unspecified atom stereocenters. The highest BCUT2D eigenvalue weighted by molar-refractivity contribution is 6.31. The molecule has 0 bridgehead atoms. The topological polar surface area (TPSA) is 135 Å². The quantitative estimate of drug-likeness (QED) is 0.141. The van der Waals surface area contributed by atoms with Gasteiger partial charge in [-0.1, -0.05) is 110 Å². The number of nitrogens with one attached hydrogen (secondary N) is 1. The van der Waals surface area contributed by atoms with E-state index in [-0.39, 0.29) is 57.5 Å². The first-order valence-corrected chi connectivity index (χ1v) is 26.2. The molecule has 6 atom stereocenters. The van der Waals surface area contributed by atoms with E-state index in [9.17, 15) is 24.3 Å². The minimum atomic E-state index is -1.07. The number of benzene rings is 4. The van der Waals surface area contributed by atoms with Crippen LogP contribution in [-0.2, 0) is 28.7 Å². The van der Waals surface area contributed by atoms with E-state index in [1.807, 2.05) is 82.6 Å². The number of carbonyl (C=O) groups excluding carboxylic acids is 3. The maximum absolute atomic E-state index is 13.8. The third-order valence-electron chi connectivity index (χ3n) is 14.0. The Labute approximate surface area is 451 Å². The average molecular weight is 1080 g/mol. The van der Waals surface area contributed by atoms with Crippen molar-refractivity contribution >= 4 is 70.1 Å². The van der Waals surface area contributed by atoms with Gasteiger partial charge >= 0.3 is 5.97 Å². The van der Waals surface area contributed by atoms with Gasteiger partial charge in [-0.3, -0.25) is 19.2 Å². The van der Waals surface area contributed by atoms with Gasteiger partial charge in [-0.05, 0) is 122 Å². The SMILES string of the molecule is C.C.CN1CCN(C(=O)C[C@@H]2O[C@@H](c3cccc(Cl)c3)[C@@H](c3ccc(Cl)cc3)N(CC3CC3)C2=O)CC1.CN1CCNCC1.O=C(O)C[C@@H]1O[C@@H](c2cccc(Cl)c2)[C@@H](c2ccc(Cl)cc2)N(CC2CC2)C1=O. The van der Waals surface area contributed by atoms with E-state index in [0.717, 1.165) is 74.1 Å². The summed E-state index contributed by atoms with van der Waals surface area (Å²) in [4.78, 5) is 61.7. The molecular formula is C56H72Cl4N6O7. The summed E-state index contributed by atoms with van der Waals surface area (Å²) < 4.78 is 12.6. The van der Waals surface area contributed by atoms with Crippen LogP contribution in [0.25, 0.3) is 0 Å². The van der Waals surface area contributed by atoms with Crippen molar-refractivity contribution in [2.45, 2.75) is 89.9 Å². The molecule has 4 aromatic rings. The molecule has 4 aromatic carbocycles. The first-order valence-electron chi connectivity index (χ1n) is 24.7. The number of rotatable bonds is 12. The van der Waals surface area contributed by atoms with Crippen LogP contribution in [0.3, 0.4) is 0 Å². The van der Waals surface area contributed by atoms with E-state index in [1.54, 1.807) is 29.2 Å². The molecule has 6 fully saturated rings. The minimum Gasteiger partial charge on any atom is -0.481 e. The summed E-state index contributed by atoms with van der Waals surface area (Å²) in [5.74, 6) is -0.560. The van der Waals surface area contributed by atoms with E-state index in [1.165, 1.54) is 13.1 Å². The van der Waals surface area contributed by atoms with Gasteiger partial charge in [-0.25, -0.2) is 0 Å². The number of aliphatic carboxylic acids is 1. The highest BCUT2D eigenvalue weighted by atomic mass is 35.5. The van der Waals surface area contributed by atoms with Gasteiger partial charge < -0.3 is 44.4 Å². The van der Waals surface area contributed by atoms with Crippen LogP contribution in [-0.4, -0.2) is 145 Å². The number of morpholine rings is 2. The van der Waals surface area contributed by atoms with Gasteiger partial charge in [0.2, 0.25) is 5.91 Å². The largest absolute Gasteiger partial charge is 0.481 e. The summed E-state index contributed by atoms with van der Waals surface area (Å²) >= 11 is 24.8. The number of hydrogen-bond donors (Lipinski definition) is 2. The molecule has 4 saturated heterocycles. The molecule has 4 aliphatic heterocycles. The molecule has 0 aromatic heterocycles. The molecule has 2 saturated carbocycles. The lowest BCUT2D eigenvalue weighted by Crippen LogP contribution is -2.54. The Morgan fingerprint density at radius 2 is 0.973 bits per heavy atom. The Morgan fingerprint density at radius 1 is 0.562 bits per heavy atom. The van der Waals surface area contributed by atoms with Crippen molar-refractivity contribution in [2.75, 3.05) is 79.5 Å². The minimum absolute atomic E-state index is 0. The molecule has 0 radical (unpaired) electrons. The first kappa shape index (κ1) is 58.0. The van der Waals surface area contributed by atoms with Crippen LogP contribution < -0.4 is 5.32 Å². The number of amides is 3. The highest BCUT2D eigenvalue weighted by Crippen LogP contribution is 2.47. The van der Waals surface area contributed by atoms with Crippen LogP contribution in [0, 0.1) is 11.8 Å². The fourth-order valence-electron chi connectivity index (χ4n) is 9.62. The van der Waals surface area contributed by atoms with Crippen molar-refractivity contribution < 1.29 is 33.8 Å². The second-order valence-corrected chi connectivity index (χ2v) is 21.3.